The Balaban J connectivity index is 1.40. The van der Waals surface area contributed by atoms with E-state index >= 15 is 0 Å². The van der Waals surface area contributed by atoms with Gasteiger partial charge in [-0.25, -0.2) is 0 Å². The number of ether oxygens (including phenoxy) is 1. The largest absolute Gasteiger partial charge is 0.416 e. The number of pyridine rings is 1. The minimum absolute atomic E-state index is 0.208. The van der Waals surface area contributed by atoms with Crippen LogP contribution in [0.2, 0.25) is 0 Å². The molecule has 0 unspecified atom stereocenters. The molecule has 2 aromatic heterocycles. The molecule has 0 radical (unpaired) electrons. The third-order valence-electron chi connectivity index (χ3n) is 7.37. The monoisotopic (exact) mass is 471 g/mol. The molecule has 0 bridgehead atoms. The minimum Gasteiger partial charge on any atom is -0.381 e. The second kappa shape index (κ2) is 8.69. The lowest BCUT2D eigenvalue weighted by atomic mass is 9.78. The second-order valence-corrected chi connectivity index (χ2v) is 9.49. The molecule has 4 heterocycles. The summed E-state index contributed by atoms with van der Waals surface area (Å²) in [7, 11) is 0. The third kappa shape index (κ3) is 4.29. The van der Waals surface area contributed by atoms with Gasteiger partial charge >= 0.3 is 6.18 Å². The van der Waals surface area contributed by atoms with Crippen LogP contribution in [0.4, 0.5) is 24.7 Å². The van der Waals surface area contributed by atoms with Crippen LogP contribution in [0.5, 0.6) is 0 Å². The molecule has 1 aromatic carbocycles. The molecule has 1 N–H and O–H groups in total. The van der Waals surface area contributed by atoms with Gasteiger partial charge in [0.25, 0.3) is 0 Å². The topological polar surface area (TPSA) is 63.2 Å². The summed E-state index contributed by atoms with van der Waals surface area (Å²) in [5, 5.41) is 12.4. The zero-order valence-electron chi connectivity index (χ0n) is 19.3. The van der Waals surface area contributed by atoms with Crippen molar-refractivity contribution >= 4 is 22.4 Å². The van der Waals surface area contributed by atoms with E-state index in [0.29, 0.717) is 22.3 Å². The summed E-state index contributed by atoms with van der Waals surface area (Å²) in [6.07, 6.45) is 2.39. The number of nitrogens with zero attached hydrogens (tertiary/aromatic N) is 4. The molecule has 2 aliphatic heterocycles. The number of nitrogens with one attached hydrogen (secondary N) is 1. The smallest absolute Gasteiger partial charge is 0.381 e. The van der Waals surface area contributed by atoms with E-state index in [1.54, 1.807) is 12.3 Å². The van der Waals surface area contributed by atoms with Crippen molar-refractivity contribution in [3.05, 3.63) is 53.3 Å². The Bertz CT molecular complexity index is 1180. The number of piperidine rings is 1. The van der Waals surface area contributed by atoms with Crippen molar-refractivity contribution in [2.45, 2.75) is 45.3 Å². The predicted molar refractivity (Wildman–Crippen MR) is 125 cm³/mol. The van der Waals surface area contributed by atoms with Gasteiger partial charge in [-0.1, -0.05) is 12.1 Å². The van der Waals surface area contributed by atoms with Gasteiger partial charge in [-0.15, -0.1) is 5.10 Å². The molecular weight excluding hydrogens is 443 g/mol. The number of halogens is 3. The average Bonchev–Trinajstić information content (AvgIpc) is 3.26. The number of aromatic nitrogens is 3. The fraction of sp³-hybridized carbons (Fsp3) is 0.480. The Labute approximate surface area is 196 Å². The highest BCUT2D eigenvalue weighted by Crippen LogP contribution is 2.40. The van der Waals surface area contributed by atoms with E-state index < -0.39 is 17.8 Å². The van der Waals surface area contributed by atoms with E-state index in [2.05, 4.69) is 25.4 Å². The standard InChI is InChI=1S/C25H28F3N5O/c1-16-19(4-3-5-21(16)25(26,27)28)17(2)31-23-20-12-18(13-29-22(20)14-30-32-23)33-9-6-24(7-10-33)8-11-34-15-24/h3-5,12-14,17H,6-11,15H2,1-2H3,(H,31,32)/t17-/m1/s1. The zero-order chi connectivity index (χ0) is 23.9. The lowest BCUT2D eigenvalue weighted by Crippen LogP contribution is -2.40. The van der Waals surface area contributed by atoms with E-state index in [0.717, 1.165) is 62.7 Å². The summed E-state index contributed by atoms with van der Waals surface area (Å²) in [5.41, 5.74) is 2.17. The fourth-order valence-electron chi connectivity index (χ4n) is 5.23. The molecule has 2 fully saturated rings. The number of fused-ring (bicyclic) bond motifs is 1. The number of benzene rings is 1. The molecule has 0 aliphatic carbocycles. The molecule has 2 saturated heterocycles. The van der Waals surface area contributed by atoms with Gasteiger partial charge in [0.15, 0.2) is 5.82 Å². The first-order valence-corrected chi connectivity index (χ1v) is 11.6. The number of hydrogen-bond acceptors (Lipinski definition) is 6. The molecule has 2 aliphatic rings. The van der Waals surface area contributed by atoms with Gasteiger partial charge < -0.3 is 15.0 Å². The van der Waals surface area contributed by atoms with Gasteiger partial charge in [0.05, 0.1) is 41.8 Å². The van der Waals surface area contributed by atoms with Crippen molar-refractivity contribution in [1.29, 1.82) is 0 Å². The maximum absolute atomic E-state index is 13.4. The fourth-order valence-corrected chi connectivity index (χ4v) is 5.23. The molecule has 1 spiro atoms. The summed E-state index contributed by atoms with van der Waals surface area (Å²) < 4.78 is 45.8. The van der Waals surface area contributed by atoms with Crippen LogP contribution in [0.15, 0.2) is 36.7 Å². The van der Waals surface area contributed by atoms with Crippen molar-refractivity contribution in [3.63, 3.8) is 0 Å². The molecule has 0 saturated carbocycles. The summed E-state index contributed by atoms with van der Waals surface area (Å²) in [6.45, 7) is 6.93. The van der Waals surface area contributed by atoms with E-state index in [1.807, 2.05) is 19.2 Å². The molecular formula is C25H28F3N5O. The van der Waals surface area contributed by atoms with Gasteiger partial charge in [-0.2, -0.15) is 18.3 Å². The lowest BCUT2D eigenvalue weighted by molar-refractivity contribution is -0.138. The van der Waals surface area contributed by atoms with Gasteiger partial charge in [0, 0.05) is 25.1 Å². The Morgan fingerprint density at radius 1 is 1.15 bits per heavy atom. The summed E-state index contributed by atoms with van der Waals surface area (Å²) in [5.74, 6) is 0.508. The van der Waals surface area contributed by atoms with Crippen LogP contribution in [0, 0.1) is 12.3 Å². The normalized spacial score (nSPS) is 19.0. The minimum atomic E-state index is -4.39. The summed E-state index contributed by atoms with van der Waals surface area (Å²) >= 11 is 0. The quantitative estimate of drug-likeness (QED) is 0.540. The Morgan fingerprint density at radius 2 is 1.94 bits per heavy atom. The third-order valence-corrected chi connectivity index (χ3v) is 7.37. The predicted octanol–water partition coefficient (Wildman–Crippen LogP) is 5.53. The molecule has 3 aromatic rings. The number of alkyl halides is 3. The van der Waals surface area contributed by atoms with Crippen molar-refractivity contribution in [1.82, 2.24) is 15.2 Å². The second-order valence-electron chi connectivity index (χ2n) is 9.49. The molecule has 180 valence electrons. The van der Waals surface area contributed by atoms with Crippen LogP contribution < -0.4 is 10.2 Å². The van der Waals surface area contributed by atoms with Crippen molar-refractivity contribution in [3.8, 4) is 0 Å². The van der Waals surface area contributed by atoms with Crippen LogP contribution in [-0.2, 0) is 10.9 Å². The van der Waals surface area contributed by atoms with Gasteiger partial charge in [0.1, 0.15) is 0 Å². The maximum Gasteiger partial charge on any atom is 0.416 e. The van der Waals surface area contributed by atoms with Crippen molar-refractivity contribution in [2.75, 3.05) is 36.5 Å². The SMILES string of the molecule is Cc1c([C@@H](C)Nc2nncc3ncc(N4CCC5(CCOC5)CC4)cc23)cccc1C(F)(F)F. The van der Waals surface area contributed by atoms with E-state index in [9.17, 15) is 13.2 Å². The highest BCUT2D eigenvalue weighted by Gasteiger charge is 2.38. The van der Waals surface area contributed by atoms with Crippen molar-refractivity contribution in [2.24, 2.45) is 5.41 Å². The van der Waals surface area contributed by atoms with Gasteiger partial charge in [-0.05, 0) is 61.8 Å². The molecule has 6 nitrogen and oxygen atoms in total. The first-order valence-electron chi connectivity index (χ1n) is 11.6. The van der Waals surface area contributed by atoms with Crippen LogP contribution >= 0.6 is 0 Å². The van der Waals surface area contributed by atoms with Crippen LogP contribution in [-0.4, -0.2) is 41.5 Å². The maximum atomic E-state index is 13.4. The lowest BCUT2D eigenvalue weighted by Gasteiger charge is -2.39. The first kappa shape index (κ1) is 22.8. The van der Waals surface area contributed by atoms with Crippen molar-refractivity contribution < 1.29 is 17.9 Å². The summed E-state index contributed by atoms with van der Waals surface area (Å²) in [4.78, 5) is 6.93. The molecule has 1 atom stereocenters. The van der Waals surface area contributed by atoms with E-state index in [-0.39, 0.29) is 5.56 Å². The number of anilines is 2. The van der Waals surface area contributed by atoms with Crippen LogP contribution in [0.25, 0.3) is 10.9 Å². The zero-order valence-corrected chi connectivity index (χ0v) is 19.3. The molecule has 0 amide bonds. The van der Waals surface area contributed by atoms with Crippen LogP contribution in [0.1, 0.15) is 48.9 Å². The van der Waals surface area contributed by atoms with E-state index in [4.69, 9.17) is 4.74 Å². The average molecular weight is 472 g/mol. The molecule has 34 heavy (non-hydrogen) atoms. The Morgan fingerprint density at radius 3 is 2.65 bits per heavy atom. The highest BCUT2D eigenvalue weighted by molar-refractivity contribution is 5.90. The Kier molecular flexibility index (Phi) is 5.83. The van der Waals surface area contributed by atoms with Gasteiger partial charge in [-0.3, -0.25) is 4.98 Å². The Hall–Kier alpha value is -2.94. The molecule has 5 rings (SSSR count). The van der Waals surface area contributed by atoms with Crippen LogP contribution in [0.3, 0.4) is 0 Å². The number of rotatable bonds is 4. The summed E-state index contributed by atoms with van der Waals surface area (Å²) in [6, 6.07) is 5.91. The van der Waals surface area contributed by atoms with E-state index in [1.165, 1.54) is 13.0 Å². The number of hydrogen-bond donors (Lipinski definition) is 1. The van der Waals surface area contributed by atoms with Gasteiger partial charge in [0.2, 0.25) is 0 Å². The first-order chi connectivity index (χ1) is 16.3. The highest BCUT2D eigenvalue weighted by atomic mass is 19.4. The molecule has 9 heteroatoms.